The molecule has 0 amide bonds. The Morgan fingerprint density at radius 1 is 1.14 bits per heavy atom. The van der Waals surface area contributed by atoms with Crippen molar-refractivity contribution in [2.24, 2.45) is 5.84 Å². The molecule has 0 aliphatic heterocycles. The SMILES string of the molecule is COc1ccc(Br)cc1NS(=O)(=O)c1ccccc1NN. The van der Waals surface area contributed by atoms with Gasteiger partial charge in [-0.3, -0.25) is 10.6 Å². The van der Waals surface area contributed by atoms with Crippen LogP contribution in [0.1, 0.15) is 0 Å². The van der Waals surface area contributed by atoms with Crippen molar-refractivity contribution in [2.75, 3.05) is 17.3 Å². The summed E-state index contributed by atoms with van der Waals surface area (Å²) < 4.78 is 33.3. The predicted molar refractivity (Wildman–Crippen MR) is 85.8 cm³/mol. The number of nitrogens with one attached hydrogen (secondary N) is 2. The highest BCUT2D eigenvalue weighted by molar-refractivity contribution is 9.10. The summed E-state index contributed by atoms with van der Waals surface area (Å²) in [6, 6.07) is 11.4. The monoisotopic (exact) mass is 371 g/mol. The van der Waals surface area contributed by atoms with E-state index in [4.69, 9.17) is 10.6 Å². The van der Waals surface area contributed by atoms with Gasteiger partial charge in [-0.25, -0.2) is 8.42 Å². The number of hydrogen-bond acceptors (Lipinski definition) is 5. The minimum absolute atomic E-state index is 0.0505. The van der Waals surface area contributed by atoms with Crippen LogP contribution in [0, 0.1) is 0 Å². The number of para-hydroxylation sites is 1. The molecule has 4 N–H and O–H groups in total. The number of benzene rings is 2. The maximum atomic E-state index is 12.5. The van der Waals surface area contributed by atoms with Gasteiger partial charge in [-0.1, -0.05) is 28.1 Å². The van der Waals surface area contributed by atoms with Crippen molar-refractivity contribution in [3.05, 3.63) is 46.9 Å². The van der Waals surface area contributed by atoms with E-state index in [9.17, 15) is 8.42 Å². The average molecular weight is 372 g/mol. The number of ether oxygens (including phenoxy) is 1. The molecule has 21 heavy (non-hydrogen) atoms. The number of nitrogen functional groups attached to an aromatic ring is 1. The molecule has 0 aromatic heterocycles. The van der Waals surface area contributed by atoms with Crippen molar-refractivity contribution < 1.29 is 13.2 Å². The molecule has 8 heteroatoms. The van der Waals surface area contributed by atoms with Crippen LogP contribution in [0.3, 0.4) is 0 Å². The molecule has 0 heterocycles. The number of nitrogens with two attached hydrogens (primary N) is 1. The molecule has 0 unspecified atom stereocenters. The van der Waals surface area contributed by atoms with E-state index in [0.717, 1.165) is 4.47 Å². The van der Waals surface area contributed by atoms with Gasteiger partial charge >= 0.3 is 0 Å². The van der Waals surface area contributed by atoms with Crippen molar-refractivity contribution >= 4 is 37.3 Å². The summed E-state index contributed by atoms with van der Waals surface area (Å²) in [5, 5.41) is 0. The number of halogens is 1. The van der Waals surface area contributed by atoms with Gasteiger partial charge in [0.2, 0.25) is 0 Å². The zero-order chi connectivity index (χ0) is 15.5. The average Bonchev–Trinajstić information content (AvgIpc) is 2.47. The highest BCUT2D eigenvalue weighted by atomic mass is 79.9. The molecule has 0 saturated heterocycles. The molecule has 0 aliphatic rings. The van der Waals surface area contributed by atoms with Crippen molar-refractivity contribution in [3.63, 3.8) is 0 Å². The van der Waals surface area contributed by atoms with E-state index in [2.05, 4.69) is 26.1 Å². The smallest absolute Gasteiger partial charge is 0.264 e. The molecular weight excluding hydrogens is 358 g/mol. The maximum absolute atomic E-state index is 12.5. The van der Waals surface area contributed by atoms with Crippen molar-refractivity contribution in [1.29, 1.82) is 0 Å². The van der Waals surface area contributed by atoms with Gasteiger partial charge in [-0.2, -0.15) is 0 Å². The Labute approximate surface area is 131 Å². The van der Waals surface area contributed by atoms with Crippen LogP contribution in [0.2, 0.25) is 0 Å². The summed E-state index contributed by atoms with van der Waals surface area (Å²) in [6.45, 7) is 0. The summed E-state index contributed by atoms with van der Waals surface area (Å²) in [6.07, 6.45) is 0. The third kappa shape index (κ3) is 3.46. The lowest BCUT2D eigenvalue weighted by Gasteiger charge is -2.14. The van der Waals surface area contributed by atoms with E-state index in [-0.39, 0.29) is 4.90 Å². The third-order valence-corrected chi connectivity index (χ3v) is 4.65. The minimum atomic E-state index is -3.80. The summed E-state index contributed by atoms with van der Waals surface area (Å²) in [7, 11) is -2.33. The molecule has 0 bridgehead atoms. The summed E-state index contributed by atoms with van der Waals surface area (Å²) in [5.74, 6) is 5.76. The predicted octanol–water partition coefficient (Wildman–Crippen LogP) is 2.54. The first-order valence-electron chi connectivity index (χ1n) is 5.90. The number of hydrogen-bond donors (Lipinski definition) is 3. The Kier molecular flexibility index (Phi) is 4.71. The quantitative estimate of drug-likeness (QED) is 0.554. The Hall–Kier alpha value is -1.77. The van der Waals surface area contributed by atoms with Crippen molar-refractivity contribution in [2.45, 2.75) is 4.90 Å². The fourth-order valence-electron chi connectivity index (χ4n) is 1.78. The molecule has 112 valence electrons. The summed E-state index contributed by atoms with van der Waals surface area (Å²) in [5.41, 5.74) is 3.00. The molecule has 2 aromatic rings. The molecule has 0 spiro atoms. The van der Waals surface area contributed by atoms with Crippen LogP contribution in [0.5, 0.6) is 5.75 Å². The van der Waals surface area contributed by atoms with Gasteiger partial charge in [-0.05, 0) is 30.3 Å². The van der Waals surface area contributed by atoms with Gasteiger partial charge in [0.25, 0.3) is 10.0 Å². The van der Waals surface area contributed by atoms with Crippen LogP contribution in [0.25, 0.3) is 0 Å². The number of hydrazine groups is 1. The van der Waals surface area contributed by atoms with Gasteiger partial charge in [0.15, 0.2) is 0 Å². The zero-order valence-electron chi connectivity index (χ0n) is 11.1. The second kappa shape index (κ2) is 6.33. The van der Waals surface area contributed by atoms with E-state index >= 15 is 0 Å². The summed E-state index contributed by atoms with van der Waals surface area (Å²) in [4.78, 5) is 0.0505. The highest BCUT2D eigenvalue weighted by Crippen LogP contribution is 2.31. The lowest BCUT2D eigenvalue weighted by molar-refractivity contribution is 0.417. The van der Waals surface area contributed by atoms with Crippen LogP contribution in [-0.2, 0) is 10.0 Å². The molecular formula is C13H14BrN3O3S. The normalized spacial score (nSPS) is 11.0. The van der Waals surface area contributed by atoms with Crippen LogP contribution in [0.15, 0.2) is 51.8 Å². The van der Waals surface area contributed by atoms with Crippen molar-refractivity contribution in [1.82, 2.24) is 0 Å². The lowest BCUT2D eigenvalue weighted by Crippen LogP contribution is -2.17. The molecule has 0 fully saturated rings. The van der Waals surface area contributed by atoms with Gasteiger partial charge in [0, 0.05) is 4.47 Å². The zero-order valence-corrected chi connectivity index (χ0v) is 13.5. The van der Waals surface area contributed by atoms with Crippen LogP contribution >= 0.6 is 15.9 Å². The van der Waals surface area contributed by atoms with Gasteiger partial charge in [0.05, 0.1) is 18.5 Å². The molecule has 0 saturated carbocycles. The molecule has 2 aromatic carbocycles. The van der Waals surface area contributed by atoms with E-state index in [1.807, 2.05) is 0 Å². The second-order valence-corrected chi connectivity index (χ2v) is 6.66. The molecule has 6 nitrogen and oxygen atoms in total. The van der Waals surface area contributed by atoms with Gasteiger partial charge < -0.3 is 10.2 Å². The van der Waals surface area contributed by atoms with Crippen molar-refractivity contribution in [3.8, 4) is 5.75 Å². The van der Waals surface area contributed by atoms with Crippen LogP contribution in [-0.4, -0.2) is 15.5 Å². The number of methoxy groups -OCH3 is 1. The fourth-order valence-corrected chi connectivity index (χ4v) is 3.37. The highest BCUT2D eigenvalue weighted by Gasteiger charge is 2.19. The van der Waals surface area contributed by atoms with Gasteiger partial charge in [-0.15, -0.1) is 0 Å². The second-order valence-electron chi connectivity index (χ2n) is 4.09. The number of rotatable bonds is 5. The topological polar surface area (TPSA) is 93.4 Å². The van der Waals surface area contributed by atoms with Crippen LogP contribution < -0.4 is 20.7 Å². The molecule has 0 aliphatic carbocycles. The molecule has 0 atom stereocenters. The first-order chi connectivity index (χ1) is 9.97. The number of sulfonamides is 1. The molecule has 2 rings (SSSR count). The molecule has 0 radical (unpaired) electrons. The fraction of sp³-hybridized carbons (Fsp3) is 0.0769. The largest absolute Gasteiger partial charge is 0.495 e. The van der Waals surface area contributed by atoms with E-state index in [1.54, 1.807) is 36.4 Å². The van der Waals surface area contributed by atoms with E-state index in [1.165, 1.54) is 13.2 Å². The first kappa shape index (κ1) is 15.6. The number of anilines is 2. The first-order valence-corrected chi connectivity index (χ1v) is 8.17. The third-order valence-electron chi connectivity index (χ3n) is 2.74. The Morgan fingerprint density at radius 2 is 1.86 bits per heavy atom. The van der Waals surface area contributed by atoms with E-state index < -0.39 is 10.0 Å². The standard InChI is InChI=1S/C13H14BrN3O3S/c1-20-12-7-6-9(14)8-11(12)17-21(18,19)13-5-3-2-4-10(13)16-15/h2-8,16-17H,15H2,1H3. The van der Waals surface area contributed by atoms with Gasteiger partial charge in [0.1, 0.15) is 10.6 Å². The van der Waals surface area contributed by atoms with E-state index in [0.29, 0.717) is 17.1 Å². The summed E-state index contributed by atoms with van der Waals surface area (Å²) >= 11 is 3.29. The minimum Gasteiger partial charge on any atom is -0.495 e. The Morgan fingerprint density at radius 3 is 2.52 bits per heavy atom. The Bertz CT molecular complexity index is 750. The lowest BCUT2D eigenvalue weighted by atomic mass is 10.3. The Balaban J connectivity index is 2.45. The van der Waals surface area contributed by atoms with Crippen LogP contribution in [0.4, 0.5) is 11.4 Å². The maximum Gasteiger partial charge on any atom is 0.264 e.